The fourth-order valence-corrected chi connectivity index (χ4v) is 4.23. The lowest BCUT2D eigenvalue weighted by atomic mass is 9.89. The molecular formula is C19H32N4O2S. The molecule has 1 aromatic rings. The molecule has 3 heterocycles. The molecule has 146 valence electrons. The number of ether oxygens (including phenoxy) is 2. The molecule has 26 heavy (non-hydrogen) atoms. The monoisotopic (exact) mass is 380 g/mol. The number of thiophene rings is 1. The third-order valence-corrected chi connectivity index (χ3v) is 5.89. The van der Waals surface area contributed by atoms with Crippen LogP contribution in [0.3, 0.4) is 0 Å². The molecular weight excluding hydrogens is 348 g/mol. The quantitative estimate of drug-likeness (QED) is 0.560. The van der Waals surface area contributed by atoms with Crippen LogP contribution < -0.4 is 10.6 Å². The summed E-state index contributed by atoms with van der Waals surface area (Å²) in [6, 6.07) is 4.70. The van der Waals surface area contributed by atoms with Gasteiger partial charge in [0.05, 0.1) is 38.5 Å². The highest BCUT2D eigenvalue weighted by Crippen LogP contribution is 2.27. The molecule has 2 N–H and O–H groups in total. The fraction of sp³-hybridized carbons (Fsp3) is 0.737. The lowest BCUT2D eigenvalue weighted by Crippen LogP contribution is -2.48. The summed E-state index contributed by atoms with van der Waals surface area (Å²) >= 11 is 1.82. The number of morpholine rings is 1. The summed E-state index contributed by atoms with van der Waals surface area (Å²) in [5.41, 5.74) is 0.190. The van der Waals surface area contributed by atoms with E-state index < -0.39 is 0 Å². The van der Waals surface area contributed by atoms with Crippen LogP contribution >= 0.6 is 11.3 Å². The van der Waals surface area contributed by atoms with Crippen LogP contribution in [0.5, 0.6) is 0 Å². The van der Waals surface area contributed by atoms with Gasteiger partial charge in [0.2, 0.25) is 0 Å². The van der Waals surface area contributed by atoms with Crippen LogP contribution in [-0.4, -0.2) is 69.5 Å². The van der Waals surface area contributed by atoms with Gasteiger partial charge in [0, 0.05) is 36.5 Å². The van der Waals surface area contributed by atoms with Gasteiger partial charge in [-0.05, 0) is 25.3 Å². The predicted octanol–water partition coefficient (Wildman–Crippen LogP) is 2.10. The van der Waals surface area contributed by atoms with Crippen molar-refractivity contribution in [2.75, 3.05) is 52.5 Å². The first kappa shape index (κ1) is 19.6. The average molecular weight is 381 g/mol. The molecule has 2 aliphatic rings. The summed E-state index contributed by atoms with van der Waals surface area (Å²) in [6.07, 6.45) is 0.284. The highest BCUT2D eigenvalue weighted by Gasteiger charge is 2.33. The SMILES string of the molecule is CCNC(=NCC1(C)COC1)NCC(c1cccs1)N1CCOC(C)C1. The fourth-order valence-electron chi connectivity index (χ4n) is 3.37. The molecule has 2 saturated heterocycles. The van der Waals surface area contributed by atoms with E-state index in [-0.39, 0.29) is 11.5 Å². The van der Waals surface area contributed by atoms with Gasteiger partial charge >= 0.3 is 0 Å². The summed E-state index contributed by atoms with van der Waals surface area (Å²) in [5, 5.41) is 9.09. The van der Waals surface area contributed by atoms with Gasteiger partial charge in [0.1, 0.15) is 0 Å². The Morgan fingerprint density at radius 3 is 2.92 bits per heavy atom. The lowest BCUT2D eigenvalue weighted by molar-refractivity contribution is -0.0945. The van der Waals surface area contributed by atoms with Crippen molar-refractivity contribution < 1.29 is 9.47 Å². The van der Waals surface area contributed by atoms with E-state index in [1.807, 2.05) is 11.3 Å². The average Bonchev–Trinajstić information content (AvgIpc) is 3.12. The Hall–Kier alpha value is -1.15. The third-order valence-electron chi connectivity index (χ3n) is 4.91. The van der Waals surface area contributed by atoms with E-state index in [0.29, 0.717) is 6.04 Å². The minimum Gasteiger partial charge on any atom is -0.380 e. The van der Waals surface area contributed by atoms with Crippen molar-refractivity contribution in [1.82, 2.24) is 15.5 Å². The molecule has 0 bridgehead atoms. The van der Waals surface area contributed by atoms with Gasteiger partial charge in [-0.3, -0.25) is 9.89 Å². The normalized spacial score (nSPS) is 24.7. The van der Waals surface area contributed by atoms with E-state index in [0.717, 1.165) is 58.5 Å². The summed E-state index contributed by atoms with van der Waals surface area (Å²) in [5.74, 6) is 0.892. The van der Waals surface area contributed by atoms with Crippen molar-refractivity contribution in [2.45, 2.75) is 32.9 Å². The molecule has 2 unspecified atom stereocenters. The molecule has 0 amide bonds. The van der Waals surface area contributed by atoms with E-state index in [4.69, 9.17) is 14.5 Å². The van der Waals surface area contributed by atoms with E-state index in [2.05, 4.69) is 53.8 Å². The van der Waals surface area contributed by atoms with Gasteiger partial charge in [0.15, 0.2) is 5.96 Å². The van der Waals surface area contributed by atoms with Crippen molar-refractivity contribution in [3.8, 4) is 0 Å². The zero-order chi connectivity index (χ0) is 18.4. The Balaban J connectivity index is 1.64. The van der Waals surface area contributed by atoms with Crippen LogP contribution in [0.2, 0.25) is 0 Å². The maximum atomic E-state index is 5.73. The molecule has 1 aromatic heterocycles. The molecule has 0 radical (unpaired) electrons. The smallest absolute Gasteiger partial charge is 0.191 e. The minimum absolute atomic E-state index is 0.190. The summed E-state index contributed by atoms with van der Waals surface area (Å²) < 4.78 is 11.1. The Kier molecular flexibility index (Phi) is 6.92. The maximum Gasteiger partial charge on any atom is 0.191 e. The number of nitrogens with one attached hydrogen (secondary N) is 2. The van der Waals surface area contributed by atoms with Crippen molar-refractivity contribution >= 4 is 17.3 Å². The molecule has 0 spiro atoms. The van der Waals surface area contributed by atoms with E-state index >= 15 is 0 Å². The molecule has 0 aliphatic carbocycles. The number of aliphatic imine (C=N–C) groups is 1. The highest BCUT2D eigenvalue weighted by atomic mass is 32.1. The van der Waals surface area contributed by atoms with E-state index in [1.165, 1.54) is 4.88 Å². The Morgan fingerprint density at radius 2 is 2.31 bits per heavy atom. The molecule has 2 atom stereocenters. The van der Waals surface area contributed by atoms with Gasteiger partial charge in [-0.2, -0.15) is 0 Å². The summed E-state index contributed by atoms with van der Waals surface area (Å²) in [4.78, 5) is 8.71. The molecule has 7 heteroatoms. The van der Waals surface area contributed by atoms with Crippen LogP contribution in [0.4, 0.5) is 0 Å². The zero-order valence-corrected chi connectivity index (χ0v) is 17.0. The van der Waals surface area contributed by atoms with Crippen LogP contribution in [0.15, 0.2) is 22.5 Å². The van der Waals surface area contributed by atoms with Crippen LogP contribution in [-0.2, 0) is 9.47 Å². The number of rotatable bonds is 7. The molecule has 0 saturated carbocycles. The van der Waals surface area contributed by atoms with Gasteiger partial charge in [-0.1, -0.05) is 13.0 Å². The Morgan fingerprint density at radius 1 is 1.46 bits per heavy atom. The predicted molar refractivity (Wildman–Crippen MR) is 107 cm³/mol. The van der Waals surface area contributed by atoms with Gasteiger partial charge in [-0.15, -0.1) is 11.3 Å². The molecule has 3 rings (SSSR count). The topological polar surface area (TPSA) is 58.1 Å². The van der Waals surface area contributed by atoms with Crippen molar-refractivity contribution in [1.29, 1.82) is 0 Å². The summed E-state index contributed by atoms with van der Waals surface area (Å²) in [7, 11) is 0. The molecule has 2 fully saturated rings. The van der Waals surface area contributed by atoms with Crippen LogP contribution in [0.25, 0.3) is 0 Å². The lowest BCUT2D eigenvalue weighted by Gasteiger charge is -2.37. The second-order valence-electron chi connectivity index (χ2n) is 7.59. The standard InChI is InChI=1S/C19H32N4O2S/c1-4-20-18(22-12-19(3)13-24-14-19)21-10-16(17-6-5-9-26-17)23-7-8-25-15(2)11-23/h5-6,9,15-16H,4,7-8,10-14H2,1-3H3,(H2,20,21,22). The second-order valence-corrected chi connectivity index (χ2v) is 8.57. The van der Waals surface area contributed by atoms with Gasteiger partial charge in [-0.25, -0.2) is 0 Å². The number of nitrogens with zero attached hydrogens (tertiary/aromatic N) is 2. The largest absolute Gasteiger partial charge is 0.380 e. The summed E-state index contributed by atoms with van der Waals surface area (Å²) in [6.45, 7) is 13.3. The first-order valence-electron chi connectivity index (χ1n) is 9.58. The van der Waals surface area contributed by atoms with Crippen LogP contribution in [0.1, 0.15) is 31.7 Å². The molecule has 6 nitrogen and oxygen atoms in total. The molecule has 2 aliphatic heterocycles. The maximum absolute atomic E-state index is 5.73. The first-order chi connectivity index (χ1) is 12.6. The zero-order valence-electron chi connectivity index (χ0n) is 16.2. The third kappa shape index (κ3) is 5.19. The second kappa shape index (κ2) is 9.17. The van der Waals surface area contributed by atoms with Crippen molar-refractivity contribution in [2.24, 2.45) is 10.4 Å². The highest BCUT2D eigenvalue weighted by molar-refractivity contribution is 7.10. The number of hydrogen-bond donors (Lipinski definition) is 2. The molecule has 0 aromatic carbocycles. The van der Waals surface area contributed by atoms with Gasteiger partial charge in [0.25, 0.3) is 0 Å². The van der Waals surface area contributed by atoms with E-state index in [1.54, 1.807) is 0 Å². The van der Waals surface area contributed by atoms with E-state index in [9.17, 15) is 0 Å². The number of guanidine groups is 1. The van der Waals surface area contributed by atoms with Crippen LogP contribution in [0, 0.1) is 5.41 Å². The van der Waals surface area contributed by atoms with Gasteiger partial charge < -0.3 is 20.1 Å². The Bertz CT molecular complexity index is 574. The van der Waals surface area contributed by atoms with Crippen molar-refractivity contribution in [3.63, 3.8) is 0 Å². The number of hydrogen-bond acceptors (Lipinski definition) is 5. The Labute approximate surface area is 161 Å². The van der Waals surface area contributed by atoms with Crippen molar-refractivity contribution in [3.05, 3.63) is 22.4 Å². The minimum atomic E-state index is 0.190. The first-order valence-corrected chi connectivity index (χ1v) is 10.5.